The van der Waals surface area contributed by atoms with Crippen LogP contribution < -0.4 is 15.4 Å². The molecular weight excluding hydrogens is 283 g/mol. The Morgan fingerprint density at radius 2 is 1.86 bits per heavy atom. The van der Waals surface area contributed by atoms with Gasteiger partial charge in [-0.25, -0.2) is 4.39 Å². The van der Waals surface area contributed by atoms with Crippen LogP contribution in [0.3, 0.4) is 0 Å². The first-order valence-electron chi connectivity index (χ1n) is 7.20. The fourth-order valence-electron chi connectivity index (χ4n) is 1.93. The normalized spacial score (nSPS) is 10.1. The van der Waals surface area contributed by atoms with Crippen LogP contribution in [-0.4, -0.2) is 19.1 Å². The number of ether oxygens (including phenoxy) is 1. The van der Waals surface area contributed by atoms with Crippen LogP contribution in [0.25, 0.3) is 0 Å². The number of para-hydroxylation sites is 1. The highest BCUT2D eigenvalue weighted by molar-refractivity contribution is 5.91. The van der Waals surface area contributed by atoms with Crippen LogP contribution in [0.15, 0.2) is 48.5 Å². The summed E-state index contributed by atoms with van der Waals surface area (Å²) < 4.78 is 18.7. The Kier molecular flexibility index (Phi) is 5.77. The van der Waals surface area contributed by atoms with Crippen molar-refractivity contribution in [2.75, 3.05) is 23.8 Å². The predicted octanol–water partition coefficient (Wildman–Crippen LogP) is 3.67. The molecule has 116 valence electrons. The van der Waals surface area contributed by atoms with Crippen molar-refractivity contribution >= 4 is 17.3 Å². The van der Waals surface area contributed by atoms with Crippen LogP contribution >= 0.6 is 0 Å². The first-order chi connectivity index (χ1) is 10.7. The molecule has 0 aliphatic rings. The predicted molar refractivity (Wildman–Crippen MR) is 85.7 cm³/mol. The van der Waals surface area contributed by atoms with E-state index in [0.717, 1.165) is 11.4 Å². The number of carbonyl (C=O) groups excluding carboxylic acids is 1. The van der Waals surface area contributed by atoms with Gasteiger partial charge in [-0.15, -0.1) is 0 Å². The average molecular weight is 302 g/mol. The number of anilines is 2. The Balaban J connectivity index is 1.76. The Bertz CT molecular complexity index is 614. The van der Waals surface area contributed by atoms with Crippen molar-refractivity contribution in [1.82, 2.24) is 0 Å². The van der Waals surface area contributed by atoms with E-state index in [-0.39, 0.29) is 18.0 Å². The minimum Gasteiger partial charge on any atom is -0.494 e. The maximum absolute atomic E-state index is 13.4. The number of hydrogen-bond acceptors (Lipinski definition) is 3. The molecule has 2 aromatic carbocycles. The van der Waals surface area contributed by atoms with Gasteiger partial charge in [-0.1, -0.05) is 12.1 Å². The van der Waals surface area contributed by atoms with Crippen molar-refractivity contribution in [2.24, 2.45) is 0 Å². The third-order valence-corrected chi connectivity index (χ3v) is 2.99. The van der Waals surface area contributed by atoms with Crippen LogP contribution in [-0.2, 0) is 4.79 Å². The van der Waals surface area contributed by atoms with Crippen molar-refractivity contribution in [3.8, 4) is 5.75 Å². The molecule has 2 N–H and O–H groups in total. The second-order valence-electron chi connectivity index (χ2n) is 4.66. The molecule has 5 heteroatoms. The molecule has 0 unspecified atom stereocenters. The van der Waals surface area contributed by atoms with Gasteiger partial charge in [0.15, 0.2) is 0 Å². The summed E-state index contributed by atoms with van der Waals surface area (Å²) in [5, 5.41) is 5.68. The average Bonchev–Trinajstić information content (AvgIpc) is 2.52. The smallest absolute Gasteiger partial charge is 0.226 e. The zero-order valence-electron chi connectivity index (χ0n) is 12.4. The summed E-state index contributed by atoms with van der Waals surface area (Å²) in [6.45, 7) is 3.03. The summed E-state index contributed by atoms with van der Waals surface area (Å²) in [6, 6.07) is 13.6. The lowest BCUT2D eigenvalue weighted by molar-refractivity contribution is -0.116. The van der Waals surface area contributed by atoms with Crippen LogP contribution in [0, 0.1) is 5.82 Å². The van der Waals surface area contributed by atoms with Crippen molar-refractivity contribution in [3.63, 3.8) is 0 Å². The Morgan fingerprint density at radius 3 is 2.55 bits per heavy atom. The quantitative estimate of drug-likeness (QED) is 0.820. The van der Waals surface area contributed by atoms with Crippen LogP contribution in [0.1, 0.15) is 13.3 Å². The number of nitrogens with one attached hydrogen (secondary N) is 2. The number of hydrogen-bond donors (Lipinski definition) is 2. The third-order valence-electron chi connectivity index (χ3n) is 2.99. The molecule has 0 aliphatic heterocycles. The lowest BCUT2D eigenvalue weighted by Gasteiger charge is -2.09. The van der Waals surface area contributed by atoms with Gasteiger partial charge >= 0.3 is 0 Å². The van der Waals surface area contributed by atoms with Gasteiger partial charge in [-0.2, -0.15) is 0 Å². The highest BCUT2D eigenvalue weighted by atomic mass is 19.1. The zero-order valence-corrected chi connectivity index (χ0v) is 12.4. The number of benzene rings is 2. The molecule has 0 saturated heterocycles. The third kappa shape index (κ3) is 4.77. The lowest BCUT2D eigenvalue weighted by atomic mass is 10.2. The van der Waals surface area contributed by atoms with Gasteiger partial charge in [0.2, 0.25) is 5.91 Å². The first kappa shape index (κ1) is 15.8. The molecule has 0 bridgehead atoms. The van der Waals surface area contributed by atoms with Crippen molar-refractivity contribution in [1.29, 1.82) is 0 Å². The Morgan fingerprint density at radius 1 is 1.14 bits per heavy atom. The van der Waals surface area contributed by atoms with E-state index in [1.807, 2.05) is 31.2 Å². The number of carbonyl (C=O) groups is 1. The summed E-state index contributed by atoms with van der Waals surface area (Å²) in [5.74, 6) is 0.143. The number of rotatable bonds is 7. The second-order valence-corrected chi connectivity index (χ2v) is 4.66. The molecule has 0 spiro atoms. The highest BCUT2D eigenvalue weighted by Gasteiger charge is 2.05. The van der Waals surface area contributed by atoms with Crippen molar-refractivity contribution in [2.45, 2.75) is 13.3 Å². The molecule has 0 saturated carbocycles. The molecule has 0 atom stereocenters. The van der Waals surface area contributed by atoms with Crippen molar-refractivity contribution in [3.05, 3.63) is 54.3 Å². The summed E-state index contributed by atoms with van der Waals surface area (Å²) in [7, 11) is 0. The molecule has 22 heavy (non-hydrogen) atoms. The summed E-state index contributed by atoms with van der Waals surface area (Å²) in [6.07, 6.45) is 0.252. The molecule has 0 heterocycles. The molecule has 1 amide bonds. The van der Waals surface area contributed by atoms with Gasteiger partial charge in [0.1, 0.15) is 11.6 Å². The van der Waals surface area contributed by atoms with E-state index in [9.17, 15) is 9.18 Å². The standard InChI is InChI=1S/C17H19FN2O2/c1-2-22-14-9-7-13(8-10-14)19-12-11-17(21)20-16-6-4-3-5-15(16)18/h3-10,19H,2,11-12H2,1H3,(H,20,21). The van der Waals surface area contributed by atoms with E-state index < -0.39 is 5.82 Å². The largest absolute Gasteiger partial charge is 0.494 e. The summed E-state index contributed by atoms with van der Waals surface area (Å²) >= 11 is 0. The van der Waals surface area contributed by atoms with E-state index >= 15 is 0 Å². The minimum atomic E-state index is -0.435. The Labute approximate surface area is 129 Å². The van der Waals surface area contributed by atoms with Crippen molar-refractivity contribution < 1.29 is 13.9 Å². The molecular formula is C17H19FN2O2. The van der Waals surface area contributed by atoms with Gasteiger partial charge < -0.3 is 15.4 Å². The van der Waals surface area contributed by atoms with Gasteiger partial charge in [0.05, 0.1) is 12.3 Å². The van der Waals surface area contributed by atoms with E-state index in [1.54, 1.807) is 12.1 Å². The van der Waals surface area contributed by atoms with Gasteiger partial charge in [-0.05, 0) is 43.3 Å². The van der Waals surface area contributed by atoms with E-state index in [0.29, 0.717) is 13.2 Å². The number of halogens is 1. The molecule has 2 aromatic rings. The van der Waals surface area contributed by atoms with E-state index in [4.69, 9.17) is 4.74 Å². The van der Waals surface area contributed by atoms with Crippen LogP contribution in [0.2, 0.25) is 0 Å². The Hall–Kier alpha value is -2.56. The molecule has 0 aromatic heterocycles. The van der Waals surface area contributed by atoms with Crippen LogP contribution in [0.5, 0.6) is 5.75 Å². The topological polar surface area (TPSA) is 50.4 Å². The summed E-state index contributed by atoms with van der Waals surface area (Å²) in [4.78, 5) is 11.8. The van der Waals surface area contributed by atoms with E-state index in [1.165, 1.54) is 12.1 Å². The van der Waals surface area contributed by atoms with Crippen LogP contribution in [0.4, 0.5) is 15.8 Å². The minimum absolute atomic E-state index is 0.202. The van der Waals surface area contributed by atoms with Gasteiger partial charge in [0, 0.05) is 18.7 Å². The van der Waals surface area contributed by atoms with Gasteiger partial charge in [0.25, 0.3) is 0 Å². The second kappa shape index (κ2) is 8.02. The molecule has 0 fully saturated rings. The fraction of sp³-hybridized carbons (Fsp3) is 0.235. The lowest BCUT2D eigenvalue weighted by Crippen LogP contribution is -2.16. The van der Waals surface area contributed by atoms with Gasteiger partial charge in [-0.3, -0.25) is 4.79 Å². The molecule has 2 rings (SSSR count). The monoisotopic (exact) mass is 302 g/mol. The maximum Gasteiger partial charge on any atom is 0.226 e. The summed E-state index contributed by atoms with van der Waals surface area (Å²) in [5.41, 5.74) is 1.11. The fourth-order valence-corrected chi connectivity index (χ4v) is 1.93. The maximum atomic E-state index is 13.4. The first-order valence-corrected chi connectivity index (χ1v) is 7.20. The molecule has 0 aliphatic carbocycles. The number of amides is 1. The SMILES string of the molecule is CCOc1ccc(NCCC(=O)Nc2ccccc2F)cc1. The molecule has 0 radical (unpaired) electrons. The zero-order chi connectivity index (χ0) is 15.8. The van der Waals surface area contributed by atoms with E-state index in [2.05, 4.69) is 10.6 Å². The highest BCUT2D eigenvalue weighted by Crippen LogP contribution is 2.16. The molecule has 4 nitrogen and oxygen atoms in total.